The third kappa shape index (κ3) is 7.63. The van der Waals surface area contributed by atoms with Crippen molar-refractivity contribution in [1.82, 2.24) is 15.5 Å². The molecule has 2 heterocycles. The molecule has 1 aliphatic carbocycles. The van der Waals surface area contributed by atoms with Crippen LogP contribution >= 0.6 is 0 Å². The number of aldehydes is 1. The minimum atomic E-state index is -1.22. The van der Waals surface area contributed by atoms with Gasteiger partial charge in [0.1, 0.15) is 25.0 Å². The number of benzene rings is 1. The molecule has 41 heavy (non-hydrogen) atoms. The van der Waals surface area contributed by atoms with Crippen molar-refractivity contribution in [3.8, 4) is 0 Å². The van der Waals surface area contributed by atoms with Crippen LogP contribution in [0.3, 0.4) is 0 Å². The number of ketones is 2. The monoisotopic (exact) mass is 568 g/mol. The van der Waals surface area contributed by atoms with E-state index in [1.807, 2.05) is 12.1 Å². The van der Waals surface area contributed by atoms with E-state index in [0.29, 0.717) is 37.2 Å². The topological polar surface area (TPSA) is 179 Å². The summed E-state index contributed by atoms with van der Waals surface area (Å²) in [7, 11) is 0. The lowest BCUT2D eigenvalue weighted by atomic mass is 9.93. The van der Waals surface area contributed by atoms with Crippen molar-refractivity contribution in [2.75, 3.05) is 11.9 Å². The Balaban J connectivity index is 1.48. The Hall–Kier alpha value is -3.93. The van der Waals surface area contributed by atoms with Crippen LogP contribution in [0.15, 0.2) is 24.3 Å². The van der Waals surface area contributed by atoms with E-state index < -0.39 is 66.6 Å². The number of Topliss-reactive ketones (excluding diaryl/α,β-unsaturated/α-hetero) is 2. The number of rotatable bonds is 9. The summed E-state index contributed by atoms with van der Waals surface area (Å²) in [6.07, 6.45) is 4.69. The maximum absolute atomic E-state index is 13.8. The highest BCUT2D eigenvalue weighted by Crippen LogP contribution is 2.40. The van der Waals surface area contributed by atoms with E-state index in [-0.39, 0.29) is 25.0 Å². The molecule has 1 saturated carbocycles. The van der Waals surface area contributed by atoms with Crippen molar-refractivity contribution in [3.05, 3.63) is 29.8 Å². The van der Waals surface area contributed by atoms with Crippen molar-refractivity contribution < 1.29 is 38.7 Å². The van der Waals surface area contributed by atoms with Gasteiger partial charge in [-0.25, -0.2) is 0 Å². The summed E-state index contributed by atoms with van der Waals surface area (Å²) >= 11 is 0. The predicted octanol–water partition coefficient (Wildman–Crippen LogP) is 0.515. The van der Waals surface area contributed by atoms with E-state index in [1.54, 1.807) is 12.1 Å². The lowest BCUT2D eigenvalue weighted by molar-refractivity contribution is -0.149. The molecule has 0 bridgehead atoms. The van der Waals surface area contributed by atoms with E-state index in [0.717, 1.165) is 19.3 Å². The number of anilines is 1. The second-order valence-corrected chi connectivity index (χ2v) is 10.9. The third-order valence-corrected chi connectivity index (χ3v) is 7.88. The molecular formula is C29H36N4O8. The highest BCUT2D eigenvalue weighted by molar-refractivity contribution is 6.40. The molecule has 4 N–H and O–H groups in total. The molecule has 3 aliphatic rings. The van der Waals surface area contributed by atoms with Crippen LogP contribution in [0.5, 0.6) is 0 Å². The summed E-state index contributed by atoms with van der Waals surface area (Å²) in [5.74, 6) is -3.73. The Morgan fingerprint density at radius 3 is 2.32 bits per heavy atom. The zero-order valence-corrected chi connectivity index (χ0v) is 22.8. The van der Waals surface area contributed by atoms with Gasteiger partial charge in [0.05, 0.1) is 12.1 Å². The number of nitrogens with zero attached hydrogens (tertiary/aromatic N) is 1. The number of fused-ring (bicyclic) bond motifs is 1. The highest BCUT2D eigenvalue weighted by Gasteiger charge is 2.44. The molecule has 4 rings (SSSR count). The molecule has 1 aromatic carbocycles. The first kappa shape index (κ1) is 30.0. The van der Waals surface area contributed by atoms with Crippen LogP contribution in [0.1, 0.15) is 75.7 Å². The summed E-state index contributed by atoms with van der Waals surface area (Å²) in [5, 5.41) is 16.4. The highest BCUT2D eigenvalue weighted by atomic mass is 16.3. The fourth-order valence-electron chi connectivity index (χ4n) is 5.51. The van der Waals surface area contributed by atoms with Gasteiger partial charge in [-0.15, -0.1) is 0 Å². The largest absolute Gasteiger partial charge is 0.389 e. The average Bonchev–Trinajstić information content (AvgIpc) is 3.80. The smallest absolute Gasteiger partial charge is 0.313 e. The fraction of sp³-hybridized carbons (Fsp3) is 0.552. The second kappa shape index (κ2) is 13.6. The Morgan fingerprint density at radius 1 is 0.951 bits per heavy atom. The molecule has 4 amide bonds. The maximum atomic E-state index is 13.8. The first-order chi connectivity index (χ1) is 19.7. The van der Waals surface area contributed by atoms with Gasteiger partial charge in [0, 0.05) is 18.5 Å². The van der Waals surface area contributed by atoms with Gasteiger partial charge in [0.2, 0.25) is 11.8 Å². The Morgan fingerprint density at radius 2 is 1.66 bits per heavy atom. The Bertz CT molecular complexity index is 1200. The quantitative estimate of drug-likeness (QED) is 0.246. The standard InChI is InChI=1S/C29H36N4O8/c34-15-20(14-21(36)16-35)31-26(38)24-5-3-1-2-4-23-25(37)13-12-22(29(41)33(23)24)32-28(40)27(39)30-19-10-8-18(9-11-19)17-6-7-17/h8-11,15,17,20,22-24,35H,1-7,12-14,16H2,(H,30,39)(H,31,38)(H,32,40)/t20-,22-,23+,24-/m0/s1. The van der Waals surface area contributed by atoms with Gasteiger partial charge >= 0.3 is 11.8 Å². The first-order valence-corrected chi connectivity index (χ1v) is 14.2. The van der Waals surface area contributed by atoms with Gasteiger partial charge < -0.3 is 30.8 Å². The van der Waals surface area contributed by atoms with Crippen LogP contribution < -0.4 is 16.0 Å². The van der Waals surface area contributed by atoms with E-state index in [1.165, 1.54) is 10.5 Å². The van der Waals surface area contributed by atoms with Gasteiger partial charge in [0.25, 0.3) is 0 Å². The number of hydrogen-bond donors (Lipinski definition) is 4. The van der Waals surface area contributed by atoms with Crippen molar-refractivity contribution in [1.29, 1.82) is 0 Å². The lowest BCUT2D eigenvalue weighted by Gasteiger charge is -2.38. The average molecular weight is 569 g/mol. The number of hydrogen-bond acceptors (Lipinski definition) is 8. The lowest BCUT2D eigenvalue weighted by Crippen LogP contribution is -2.60. The molecule has 3 fully saturated rings. The molecule has 12 heteroatoms. The summed E-state index contributed by atoms with van der Waals surface area (Å²) < 4.78 is 0. The number of amides is 4. The molecule has 4 atom stereocenters. The van der Waals surface area contributed by atoms with E-state index in [4.69, 9.17) is 5.11 Å². The molecule has 2 aliphatic heterocycles. The summed E-state index contributed by atoms with van der Waals surface area (Å²) in [4.78, 5) is 90.0. The molecule has 12 nitrogen and oxygen atoms in total. The molecule has 0 aromatic heterocycles. The second-order valence-electron chi connectivity index (χ2n) is 10.9. The van der Waals surface area contributed by atoms with Gasteiger partial charge in [-0.3, -0.25) is 28.8 Å². The van der Waals surface area contributed by atoms with E-state index in [2.05, 4.69) is 16.0 Å². The number of carbonyl (C=O) groups is 7. The minimum absolute atomic E-state index is 0.0294. The molecule has 0 radical (unpaired) electrons. The van der Waals surface area contributed by atoms with Crippen LogP contribution in [-0.4, -0.2) is 82.3 Å². The van der Waals surface area contributed by atoms with Gasteiger partial charge in [-0.05, 0) is 55.7 Å². The van der Waals surface area contributed by atoms with Crippen molar-refractivity contribution in [3.63, 3.8) is 0 Å². The van der Waals surface area contributed by atoms with Crippen molar-refractivity contribution in [2.24, 2.45) is 0 Å². The van der Waals surface area contributed by atoms with Gasteiger partial charge in [-0.1, -0.05) is 31.4 Å². The van der Waals surface area contributed by atoms with Gasteiger partial charge in [0.15, 0.2) is 11.6 Å². The van der Waals surface area contributed by atoms with E-state index >= 15 is 0 Å². The molecule has 2 saturated heterocycles. The molecule has 0 unspecified atom stereocenters. The van der Waals surface area contributed by atoms with Crippen molar-refractivity contribution in [2.45, 2.75) is 94.3 Å². The molecule has 0 spiro atoms. The minimum Gasteiger partial charge on any atom is -0.389 e. The van der Waals surface area contributed by atoms with Crippen LogP contribution in [0.25, 0.3) is 0 Å². The Labute approximate surface area is 237 Å². The van der Waals surface area contributed by atoms with Crippen LogP contribution in [0.2, 0.25) is 0 Å². The predicted molar refractivity (Wildman–Crippen MR) is 145 cm³/mol. The summed E-state index contributed by atoms with van der Waals surface area (Å²) in [5.41, 5.74) is 1.60. The normalized spacial score (nSPS) is 23.6. The number of carbonyl (C=O) groups excluding carboxylic acids is 7. The molecule has 220 valence electrons. The van der Waals surface area contributed by atoms with E-state index in [9.17, 15) is 33.6 Å². The van der Waals surface area contributed by atoms with Gasteiger partial charge in [-0.2, -0.15) is 0 Å². The number of nitrogens with one attached hydrogen (secondary N) is 3. The third-order valence-electron chi connectivity index (χ3n) is 7.88. The fourth-order valence-corrected chi connectivity index (χ4v) is 5.51. The van der Waals surface area contributed by atoms with Crippen LogP contribution in [0.4, 0.5) is 5.69 Å². The summed E-state index contributed by atoms with van der Waals surface area (Å²) in [6.45, 7) is -0.786. The molecular weight excluding hydrogens is 532 g/mol. The maximum Gasteiger partial charge on any atom is 0.313 e. The SMILES string of the molecule is O=C[C@H](CC(=O)CO)NC(=O)[C@@H]1CCCCC[C@@H]2C(=O)CC[C@H](NC(=O)C(=O)Nc3ccc(C4CC4)cc3)C(=O)N21. The number of aliphatic hydroxyl groups excluding tert-OH is 1. The summed E-state index contributed by atoms with van der Waals surface area (Å²) in [6, 6.07) is 2.77. The van der Waals surface area contributed by atoms with Crippen LogP contribution in [-0.2, 0) is 33.6 Å². The zero-order valence-electron chi connectivity index (χ0n) is 22.8. The Kier molecular flexibility index (Phi) is 9.98. The first-order valence-electron chi connectivity index (χ1n) is 14.2. The molecule has 1 aromatic rings. The van der Waals surface area contributed by atoms with Crippen molar-refractivity contribution >= 4 is 47.2 Å². The van der Waals surface area contributed by atoms with Crippen LogP contribution in [0, 0.1) is 0 Å². The number of aliphatic hydroxyl groups is 1. The zero-order chi connectivity index (χ0) is 29.5.